The molecule has 1 aliphatic heterocycles. The molecule has 0 saturated heterocycles. The fourth-order valence-corrected chi connectivity index (χ4v) is 2.23. The monoisotopic (exact) mass is 228 g/mol. The first-order chi connectivity index (χ1) is 8.31. The summed E-state index contributed by atoms with van der Waals surface area (Å²) in [5.41, 5.74) is 3.79. The Kier molecular flexibility index (Phi) is 2.59. The highest BCUT2D eigenvalue weighted by molar-refractivity contribution is 5.39. The summed E-state index contributed by atoms with van der Waals surface area (Å²) in [6.45, 7) is 3.79. The first kappa shape index (κ1) is 10.4. The van der Waals surface area contributed by atoms with Crippen molar-refractivity contribution in [1.29, 1.82) is 0 Å². The molecule has 17 heavy (non-hydrogen) atoms. The van der Waals surface area contributed by atoms with E-state index in [0.29, 0.717) is 0 Å². The van der Waals surface area contributed by atoms with E-state index in [2.05, 4.69) is 23.3 Å². The zero-order valence-corrected chi connectivity index (χ0v) is 10.0. The van der Waals surface area contributed by atoms with Gasteiger partial charge in [0.25, 0.3) is 0 Å². The maximum absolute atomic E-state index is 5.50. The van der Waals surface area contributed by atoms with Gasteiger partial charge in [-0.1, -0.05) is 12.1 Å². The maximum atomic E-state index is 5.50. The first-order valence-electron chi connectivity index (χ1n) is 6.06. The Balaban J connectivity index is 1.69. The molecule has 3 nitrogen and oxygen atoms in total. The van der Waals surface area contributed by atoms with Gasteiger partial charge in [-0.3, -0.25) is 4.68 Å². The van der Waals surface area contributed by atoms with Crippen LogP contribution in [0.3, 0.4) is 0 Å². The van der Waals surface area contributed by atoms with E-state index in [1.165, 1.54) is 11.1 Å². The van der Waals surface area contributed by atoms with E-state index in [9.17, 15) is 0 Å². The van der Waals surface area contributed by atoms with Crippen molar-refractivity contribution in [2.75, 3.05) is 6.61 Å². The van der Waals surface area contributed by atoms with Crippen LogP contribution >= 0.6 is 0 Å². The number of hydrogen-bond donors (Lipinski definition) is 0. The average Bonchev–Trinajstić information content (AvgIpc) is 2.94. The van der Waals surface area contributed by atoms with Gasteiger partial charge in [0.15, 0.2) is 0 Å². The van der Waals surface area contributed by atoms with E-state index in [4.69, 9.17) is 4.74 Å². The van der Waals surface area contributed by atoms with Crippen LogP contribution in [0, 0.1) is 6.92 Å². The first-order valence-corrected chi connectivity index (χ1v) is 6.06. The van der Waals surface area contributed by atoms with Crippen molar-refractivity contribution in [2.45, 2.75) is 26.3 Å². The van der Waals surface area contributed by atoms with Gasteiger partial charge in [0.2, 0.25) is 0 Å². The van der Waals surface area contributed by atoms with Crippen LogP contribution in [-0.2, 0) is 19.4 Å². The van der Waals surface area contributed by atoms with E-state index in [1.807, 2.05) is 23.9 Å². The van der Waals surface area contributed by atoms with Crippen LogP contribution in [0.25, 0.3) is 0 Å². The van der Waals surface area contributed by atoms with Crippen molar-refractivity contribution in [3.63, 3.8) is 0 Å². The van der Waals surface area contributed by atoms with Gasteiger partial charge in [0, 0.05) is 19.2 Å². The van der Waals surface area contributed by atoms with Gasteiger partial charge in [0.05, 0.1) is 12.3 Å². The number of hydrogen-bond acceptors (Lipinski definition) is 2. The predicted molar refractivity (Wildman–Crippen MR) is 66.3 cm³/mol. The molecule has 0 amide bonds. The lowest BCUT2D eigenvalue weighted by molar-refractivity contribution is 0.357. The summed E-state index contributed by atoms with van der Waals surface area (Å²) in [6.07, 6.45) is 4.10. The van der Waals surface area contributed by atoms with Gasteiger partial charge in [-0.2, -0.15) is 5.10 Å². The fraction of sp³-hybridized carbons (Fsp3) is 0.357. The van der Waals surface area contributed by atoms with E-state index < -0.39 is 0 Å². The Hall–Kier alpha value is -1.77. The molecular weight excluding hydrogens is 212 g/mol. The van der Waals surface area contributed by atoms with Gasteiger partial charge >= 0.3 is 0 Å². The molecule has 0 unspecified atom stereocenters. The summed E-state index contributed by atoms with van der Waals surface area (Å²) in [6, 6.07) is 8.54. The third-order valence-corrected chi connectivity index (χ3v) is 3.16. The minimum atomic E-state index is 0.830. The molecule has 1 aromatic heterocycles. The molecule has 0 radical (unpaired) electrons. The molecule has 0 atom stereocenters. The summed E-state index contributed by atoms with van der Waals surface area (Å²) >= 11 is 0. The van der Waals surface area contributed by atoms with Crippen molar-refractivity contribution in [2.24, 2.45) is 0 Å². The molecule has 88 valence electrons. The summed E-state index contributed by atoms with van der Waals surface area (Å²) in [5.74, 6) is 1.06. The van der Waals surface area contributed by atoms with Gasteiger partial charge in [-0.05, 0) is 36.6 Å². The smallest absolute Gasteiger partial charge is 0.122 e. The number of fused-ring (bicyclic) bond motifs is 1. The summed E-state index contributed by atoms with van der Waals surface area (Å²) in [5, 5.41) is 4.39. The summed E-state index contributed by atoms with van der Waals surface area (Å²) in [7, 11) is 0. The van der Waals surface area contributed by atoms with Crippen LogP contribution in [0.2, 0.25) is 0 Å². The molecule has 2 heterocycles. The lowest BCUT2D eigenvalue weighted by atomic mass is 10.1. The van der Waals surface area contributed by atoms with Crippen LogP contribution in [-0.4, -0.2) is 16.4 Å². The normalized spacial score (nSPS) is 13.5. The molecule has 0 bridgehead atoms. The van der Waals surface area contributed by atoms with Crippen molar-refractivity contribution in [3.05, 3.63) is 47.3 Å². The van der Waals surface area contributed by atoms with Crippen molar-refractivity contribution in [3.8, 4) is 5.75 Å². The predicted octanol–water partition coefficient (Wildman–Crippen LogP) is 2.37. The van der Waals surface area contributed by atoms with Crippen LogP contribution in [0.4, 0.5) is 0 Å². The Labute approximate surface area is 101 Å². The highest BCUT2D eigenvalue weighted by Gasteiger charge is 2.11. The molecule has 0 fully saturated rings. The van der Waals surface area contributed by atoms with Crippen LogP contribution < -0.4 is 4.74 Å². The molecule has 0 aliphatic carbocycles. The molecule has 2 aromatic rings. The van der Waals surface area contributed by atoms with E-state index in [-0.39, 0.29) is 0 Å². The second-order valence-corrected chi connectivity index (χ2v) is 4.51. The van der Waals surface area contributed by atoms with E-state index in [0.717, 1.165) is 37.4 Å². The standard InChI is InChI=1S/C14H16N2O/c1-11-4-7-16(15-11)8-5-12-2-3-14-13(10-12)6-9-17-14/h2-4,7,10H,5-6,8-9H2,1H3. The summed E-state index contributed by atoms with van der Waals surface area (Å²) < 4.78 is 7.50. The van der Waals surface area contributed by atoms with Crippen LogP contribution in [0.15, 0.2) is 30.5 Å². The lowest BCUT2D eigenvalue weighted by Crippen LogP contribution is -2.02. The number of ether oxygens (including phenoxy) is 1. The highest BCUT2D eigenvalue weighted by Crippen LogP contribution is 2.26. The molecule has 0 saturated carbocycles. The maximum Gasteiger partial charge on any atom is 0.122 e. The second-order valence-electron chi connectivity index (χ2n) is 4.51. The lowest BCUT2D eigenvalue weighted by Gasteiger charge is -2.04. The Morgan fingerprint density at radius 3 is 3.12 bits per heavy atom. The average molecular weight is 228 g/mol. The van der Waals surface area contributed by atoms with Crippen LogP contribution in [0.5, 0.6) is 5.75 Å². The molecule has 3 rings (SSSR count). The number of aromatic nitrogens is 2. The Morgan fingerprint density at radius 2 is 2.29 bits per heavy atom. The molecule has 1 aromatic carbocycles. The van der Waals surface area contributed by atoms with Gasteiger partial charge < -0.3 is 4.74 Å². The second kappa shape index (κ2) is 4.24. The third kappa shape index (κ3) is 2.18. The molecule has 3 heteroatoms. The van der Waals surface area contributed by atoms with E-state index in [1.54, 1.807) is 0 Å². The zero-order chi connectivity index (χ0) is 11.7. The number of aryl methyl sites for hydroxylation is 3. The minimum absolute atomic E-state index is 0.830. The molecule has 0 spiro atoms. The zero-order valence-electron chi connectivity index (χ0n) is 10.0. The van der Waals surface area contributed by atoms with Crippen molar-refractivity contribution < 1.29 is 4.74 Å². The number of nitrogens with zero attached hydrogens (tertiary/aromatic N) is 2. The fourth-order valence-electron chi connectivity index (χ4n) is 2.23. The van der Waals surface area contributed by atoms with Crippen molar-refractivity contribution >= 4 is 0 Å². The highest BCUT2D eigenvalue weighted by atomic mass is 16.5. The summed E-state index contributed by atoms with van der Waals surface area (Å²) in [4.78, 5) is 0. The number of rotatable bonds is 3. The Morgan fingerprint density at radius 1 is 1.35 bits per heavy atom. The SMILES string of the molecule is Cc1ccn(CCc2ccc3c(c2)CCO3)n1. The van der Waals surface area contributed by atoms with Crippen LogP contribution in [0.1, 0.15) is 16.8 Å². The molecular formula is C14H16N2O. The topological polar surface area (TPSA) is 27.1 Å². The Bertz CT molecular complexity index is 531. The van der Waals surface area contributed by atoms with Gasteiger partial charge in [-0.25, -0.2) is 0 Å². The van der Waals surface area contributed by atoms with Gasteiger partial charge in [-0.15, -0.1) is 0 Å². The quantitative estimate of drug-likeness (QED) is 0.806. The largest absolute Gasteiger partial charge is 0.493 e. The third-order valence-electron chi connectivity index (χ3n) is 3.16. The molecule has 1 aliphatic rings. The number of benzene rings is 1. The van der Waals surface area contributed by atoms with E-state index >= 15 is 0 Å². The minimum Gasteiger partial charge on any atom is -0.493 e. The van der Waals surface area contributed by atoms with Crippen molar-refractivity contribution in [1.82, 2.24) is 9.78 Å². The molecule has 0 N–H and O–H groups in total. The van der Waals surface area contributed by atoms with Gasteiger partial charge in [0.1, 0.15) is 5.75 Å².